The Hall–Kier alpha value is -2.44. The predicted molar refractivity (Wildman–Crippen MR) is 89.7 cm³/mol. The summed E-state index contributed by atoms with van der Waals surface area (Å²) in [5.41, 5.74) is 1.34. The molecule has 1 aliphatic rings. The lowest BCUT2D eigenvalue weighted by Crippen LogP contribution is -2.40. The molecule has 1 heterocycles. The summed E-state index contributed by atoms with van der Waals surface area (Å²) >= 11 is 0. The Bertz CT molecular complexity index is 709. The third-order valence-corrected chi connectivity index (χ3v) is 4.60. The van der Waals surface area contributed by atoms with E-state index in [-0.39, 0.29) is 17.8 Å². The number of benzene rings is 1. The Morgan fingerprint density at radius 1 is 1.24 bits per heavy atom. The van der Waals surface area contributed by atoms with Gasteiger partial charge in [0.2, 0.25) is 0 Å². The van der Waals surface area contributed by atoms with Gasteiger partial charge in [-0.15, -0.1) is 0 Å². The SMILES string of the molecule is CN(C(=O)n1cnc(-c2ccc(OC(F)F)cc2)c1)C1CCCCC1. The van der Waals surface area contributed by atoms with Gasteiger partial charge in [0.05, 0.1) is 5.69 Å². The van der Waals surface area contributed by atoms with Gasteiger partial charge in [0.1, 0.15) is 12.1 Å². The van der Waals surface area contributed by atoms with E-state index in [0.717, 1.165) is 31.2 Å². The third kappa shape index (κ3) is 4.15. The van der Waals surface area contributed by atoms with E-state index < -0.39 is 6.61 Å². The Kier molecular flexibility index (Phi) is 5.31. The molecule has 0 aliphatic heterocycles. The summed E-state index contributed by atoms with van der Waals surface area (Å²) in [4.78, 5) is 18.6. The lowest BCUT2D eigenvalue weighted by molar-refractivity contribution is -0.0498. The van der Waals surface area contributed by atoms with Crippen molar-refractivity contribution in [2.24, 2.45) is 0 Å². The monoisotopic (exact) mass is 349 g/mol. The molecule has 0 atom stereocenters. The van der Waals surface area contributed by atoms with Gasteiger partial charge in [-0.3, -0.25) is 4.57 Å². The summed E-state index contributed by atoms with van der Waals surface area (Å²) in [7, 11) is 1.83. The maximum Gasteiger partial charge on any atom is 0.387 e. The van der Waals surface area contributed by atoms with Crippen molar-refractivity contribution < 1.29 is 18.3 Å². The molecule has 1 aliphatic carbocycles. The molecule has 7 heteroatoms. The number of hydrogen-bond donors (Lipinski definition) is 0. The Balaban J connectivity index is 1.70. The molecular weight excluding hydrogens is 328 g/mol. The van der Waals surface area contributed by atoms with E-state index in [4.69, 9.17) is 0 Å². The Labute approximate surface area is 145 Å². The highest BCUT2D eigenvalue weighted by atomic mass is 19.3. The largest absolute Gasteiger partial charge is 0.435 e. The fourth-order valence-electron chi connectivity index (χ4n) is 3.19. The van der Waals surface area contributed by atoms with Crippen LogP contribution >= 0.6 is 0 Å². The molecule has 3 rings (SSSR count). The molecule has 1 aromatic heterocycles. The van der Waals surface area contributed by atoms with Gasteiger partial charge < -0.3 is 9.64 Å². The van der Waals surface area contributed by atoms with Crippen LogP contribution in [0, 0.1) is 0 Å². The lowest BCUT2D eigenvalue weighted by Gasteiger charge is -2.31. The first-order valence-corrected chi connectivity index (χ1v) is 8.41. The summed E-state index contributed by atoms with van der Waals surface area (Å²) in [6.45, 7) is -2.85. The van der Waals surface area contributed by atoms with Gasteiger partial charge in [-0.25, -0.2) is 9.78 Å². The molecule has 0 radical (unpaired) electrons. The average molecular weight is 349 g/mol. The topological polar surface area (TPSA) is 47.4 Å². The molecule has 0 N–H and O–H groups in total. The van der Waals surface area contributed by atoms with Gasteiger partial charge >= 0.3 is 12.6 Å². The minimum absolute atomic E-state index is 0.0892. The first-order valence-electron chi connectivity index (χ1n) is 8.41. The molecule has 5 nitrogen and oxygen atoms in total. The van der Waals surface area contributed by atoms with Gasteiger partial charge in [-0.05, 0) is 37.1 Å². The number of ether oxygens (including phenoxy) is 1. The van der Waals surface area contributed by atoms with Crippen LogP contribution in [0.15, 0.2) is 36.8 Å². The second kappa shape index (κ2) is 7.63. The number of hydrogen-bond acceptors (Lipinski definition) is 3. The van der Waals surface area contributed by atoms with Crippen LogP contribution in [0.2, 0.25) is 0 Å². The summed E-state index contributed by atoms with van der Waals surface area (Å²) in [6, 6.07) is 6.35. The number of carbonyl (C=O) groups excluding carboxylic acids is 1. The zero-order valence-corrected chi connectivity index (χ0v) is 14.1. The minimum Gasteiger partial charge on any atom is -0.435 e. The van der Waals surface area contributed by atoms with Gasteiger partial charge in [-0.2, -0.15) is 8.78 Å². The standard InChI is InChI=1S/C18H21F2N3O2/c1-22(14-5-3-2-4-6-14)18(24)23-11-16(21-12-23)13-7-9-15(10-8-13)25-17(19)20/h7-12,14,17H,2-6H2,1H3. The summed E-state index contributed by atoms with van der Waals surface area (Å²) in [5, 5.41) is 0. The van der Waals surface area contributed by atoms with Crippen LogP contribution in [0.1, 0.15) is 32.1 Å². The first-order chi connectivity index (χ1) is 12.0. The van der Waals surface area contributed by atoms with Crippen molar-refractivity contribution >= 4 is 6.03 Å². The fourth-order valence-corrected chi connectivity index (χ4v) is 3.19. The highest BCUT2D eigenvalue weighted by Crippen LogP contribution is 2.24. The van der Waals surface area contributed by atoms with Crippen molar-refractivity contribution in [2.45, 2.75) is 44.8 Å². The van der Waals surface area contributed by atoms with Crippen LogP contribution in [-0.4, -0.2) is 40.2 Å². The van der Waals surface area contributed by atoms with Gasteiger partial charge in [0, 0.05) is 24.8 Å². The predicted octanol–water partition coefficient (Wildman–Crippen LogP) is 4.38. The van der Waals surface area contributed by atoms with Crippen molar-refractivity contribution in [1.82, 2.24) is 14.5 Å². The van der Waals surface area contributed by atoms with Crippen LogP contribution in [0.4, 0.5) is 13.6 Å². The van der Waals surface area contributed by atoms with Crippen LogP contribution in [0.5, 0.6) is 5.75 Å². The minimum atomic E-state index is -2.85. The zero-order chi connectivity index (χ0) is 17.8. The van der Waals surface area contributed by atoms with Crippen molar-refractivity contribution in [3.8, 4) is 17.0 Å². The van der Waals surface area contributed by atoms with Gasteiger partial charge in [-0.1, -0.05) is 19.3 Å². The number of aromatic nitrogens is 2. The number of amides is 1. The number of halogens is 2. The smallest absolute Gasteiger partial charge is 0.387 e. The Morgan fingerprint density at radius 3 is 2.56 bits per heavy atom. The highest BCUT2D eigenvalue weighted by Gasteiger charge is 2.23. The second-order valence-electron chi connectivity index (χ2n) is 6.25. The first kappa shape index (κ1) is 17.4. The molecule has 0 saturated heterocycles. The molecule has 0 spiro atoms. The van der Waals surface area contributed by atoms with E-state index in [1.807, 2.05) is 7.05 Å². The lowest BCUT2D eigenvalue weighted by atomic mass is 9.95. The molecule has 0 bridgehead atoms. The average Bonchev–Trinajstić information content (AvgIpc) is 3.11. The summed E-state index contributed by atoms with van der Waals surface area (Å²) in [6.07, 6.45) is 8.77. The molecule has 1 aromatic carbocycles. The Morgan fingerprint density at radius 2 is 1.92 bits per heavy atom. The number of carbonyl (C=O) groups is 1. The zero-order valence-electron chi connectivity index (χ0n) is 14.1. The molecular formula is C18H21F2N3O2. The number of nitrogens with zero attached hydrogens (tertiary/aromatic N) is 3. The van der Waals surface area contributed by atoms with Crippen molar-refractivity contribution in [3.63, 3.8) is 0 Å². The molecule has 1 saturated carbocycles. The molecule has 25 heavy (non-hydrogen) atoms. The second-order valence-corrected chi connectivity index (χ2v) is 6.25. The number of alkyl halides is 2. The van der Waals surface area contributed by atoms with Crippen molar-refractivity contribution in [1.29, 1.82) is 0 Å². The van der Waals surface area contributed by atoms with Crippen LogP contribution in [0.25, 0.3) is 11.3 Å². The maximum absolute atomic E-state index is 12.6. The number of rotatable bonds is 4. The fraction of sp³-hybridized carbons (Fsp3) is 0.444. The van der Waals surface area contributed by atoms with Gasteiger partial charge in [0.25, 0.3) is 0 Å². The van der Waals surface area contributed by atoms with Crippen molar-refractivity contribution in [3.05, 3.63) is 36.8 Å². The quantitative estimate of drug-likeness (QED) is 0.823. The molecule has 2 aromatic rings. The van der Waals surface area contributed by atoms with E-state index in [2.05, 4.69) is 9.72 Å². The van der Waals surface area contributed by atoms with Crippen LogP contribution < -0.4 is 4.74 Å². The van der Waals surface area contributed by atoms with E-state index >= 15 is 0 Å². The molecule has 1 amide bonds. The molecule has 0 unspecified atom stereocenters. The molecule has 1 fully saturated rings. The van der Waals surface area contributed by atoms with E-state index in [0.29, 0.717) is 5.69 Å². The number of imidazole rings is 1. The van der Waals surface area contributed by atoms with Crippen molar-refractivity contribution in [2.75, 3.05) is 7.05 Å². The highest BCUT2D eigenvalue weighted by molar-refractivity contribution is 5.78. The van der Waals surface area contributed by atoms with E-state index in [1.165, 1.54) is 29.4 Å². The maximum atomic E-state index is 12.6. The third-order valence-electron chi connectivity index (χ3n) is 4.60. The van der Waals surface area contributed by atoms with E-state index in [9.17, 15) is 13.6 Å². The van der Waals surface area contributed by atoms with Crippen LogP contribution in [0.3, 0.4) is 0 Å². The van der Waals surface area contributed by atoms with Crippen LogP contribution in [-0.2, 0) is 0 Å². The molecule has 134 valence electrons. The summed E-state index contributed by atoms with van der Waals surface area (Å²) < 4.78 is 30.2. The van der Waals surface area contributed by atoms with E-state index in [1.54, 1.807) is 23.2 Å². The summed E-state index contributed by atoms with van der Waals surface area (Å²) in [5.74, 6) is 0.0892. The van der Waals surface area contributed by atoms with Gasteiger partial charge in [0.15, 0.2) is 0 Å². The normalized spacial score (nSPS) is 15.4.